The molecule has 3 N–H and O–H groups in total. The molecule has 0 bridgehead atoms. The lowest BCUT2D eigenvalue weighted by molar-refractivity contribution is -0.135. The number of halogens is 1. The first-order valence-corrected chi connectivity index (χ1v) is 6.82. The minimum absolute atomic E-state index is 0.0460. The molecule has 9 heteroatoms. The highest BCUT2D eigenvalue weighted by molar-refractivity contribution is 6.01. The average Bonchev–Trinajstić information content (AvgIpc) is 3.02. The van der Waals surface area contributed by atoms with Crippen LogP contribution in [0.25, 0.3) is 16.9 Å². The summed E-state index contributed by atoms with van der Waals surface area (Å²) in [7, 11) is 0. The molecule has 8 nitrogen and oxygen atoms in total. The van der Waals surface area contributed by atoms with E-state index < -0.39 is 29.7 Å². The lowest BCUT2D eigenvalue weighted by Crippen LogP contribution is -2.33. The Morgan fingerprint density at radius 3 is 2.67 bits per heavy atom. The van der Waals surface area contributed by atoms with Crippen molar-refractivity contribution in [2.75, 3.05) is 6.54 Å². The van der Waals surface area contributed by atoms with Crippen LogP contribution in [0.15, 0.2) is 41.5 Å². The Morgan fingerprint density at radius 1 is 1.29 bits per heavy atom. The molecule has 0 spiro atoms. The van der Waals surface area contributed by atoms with Gasteiger partial charge in [0.1, 0.15) is 24.3 Å². The number of pyridine rings is 1. The van der Waals surface area contributed by atoms with Crippen LogP contribution >= 0.6 is 0 Å². The van der Waals surface area contributed by atoms with Gasteiger partial charge in [0.2, 0.25) is 0 Å². The standard InChI is InChI=1S/C15H11FN4O4/c16-9-3-1-8(2-4-9)10-5-11(21)13(14-18-7-19-20(10)14)15(24)17-6-12(22)23/h1-5,7H,6H2,(H,17,24)(H,18,19)(H,22,23). The second kappa shape index (κ2) is 5.95. The normalized spacial score (nSPS) is 10.7. The van der Waals surface area contributed by atoms with Crippen LogP contribution in [-0.4, -0.2) is 38.1 Å². The van der Waals surface area contributed by atoms with Crippen molar-refractivity contribution in [3.05, 3.63) is 58.3 Å². The Morgan fingerprint density at radius 2 is 2.00 bits per heavy atom. The van der Waals surface area contributed by atoms with Crippen molar-refractivity contribution < 1.29 is 19.1 Å². The van der Waals surface area contributed by atoms with Crippen LogP contribution in [0.1, 0.15) is 10.4 Å². The van der Waals surface area contributed by atoms with Gasteiger partial charge in [-0.3, -0.25) is 19.5 Å². The fourth-order valence-electron chi connectivity index (χ4n) is 2.29. The molecule has 0 radical (unpaired) electrons. The zero-order chi connectivity index (χ0) is 17.3. The van der Waals surface area contributed by atoms with E-state index in [4.69, 9.17) is 5.11 Å². The van der Waals surface area contributed by atoms with Crippen LogP contribution in [0.2, 0.25) is 0 Å². The fraction of sp³-hybridized carbons (Fsp3) is 0.0667. The number of carboxylic acids is 1. The second-order valence-corrected chi connectivity index (χ2v) is 4.90. The van der Waals surface area contributed by atoms with Gasteiger partial charge >= 0.3 is 5.97 Å². The molecule has 2 heterocycles. The summed E-state index contributed by atoms with van der Waals surface area (Å²) in [4.78, 5) is 38.9. The summed E-state index contributed by atoms with van der Waals surface area (Å²) in [6, 6.07) is 6.67. The van der Waals surface area contributed by atoms with Gasteiger partial charge in [-0.05, 0) is 24.3 Å². The quantitative estimate of drug-likeness (QED) is 0.649. The number of amides is 1. The van der Waals surface area contributed by atoms with Crippen LogP contribution in [-0.2, 0) is 4.79 Å². The highest BCUT2D eigenvalue weighted by Gasteiger charge is 2.20. The zero-order valence-corrected chi connectivity index (χ0v) is 12.1. The van der Waals surface area contributed by atoms with Crippen molar-refractivity contribution in [2.45, 2.75) is 0 Å². The van der Waals surface area contributed by atoms with Gasteiger partial charge in [0, 0.05) is 11.6 Å². The number of carboxylic acid groups (broad SMARTS) is 1. The van der Waals surface area contributed by atoms with E-state index in [1.54, 1.807) is 0 Å². The number of hydrogen-bond acceptors (Lipinski definition) is 4. The van der Waals surface area contributed by atoms with E-state index in [-0.39, 0.29) is 11.2 Å². The Hall–Kier alpha value is -3.49. The first-order valence-electron chi connectivity index (χ1n) is 6.82. The summed E-state index contributed by atoms with van der Waals surface area (Å²) >= 11 is 0. The van der Waals surface area contributed by atoms with Gasteiger partial charge in [-0.1, -0.05) is 0 Å². The first-order chi connectivity index (χ1) is 11.5. The van der Waals surface area contributed by atoms with E-state index in [0.717, 1.165) is 0 Å². The topological polar surface area (TPSA) is 117 Å². The van der Waals surface area contributed by atoms with Crippen molar-refractivity contribution in [3.63, 3.8) is 0 Å². The van der Waals surface area contributed by atoms with Gasteiger partial charge in [-0.2, -0.15) is 0 Å². The number of hydrogen-bond donors (Lipinski definition) is 3. The summed E-state index contributed by atoms with van der Waals surface area (Å²) < 4.78 is 14.5. The Balaban J connectivity index is 2.13. The molecule has 24 heavy (non-hydrogen) atoms. The third kappa shape index (κ3) is 2.74. The van der Waals surface area contributed by atoms with Gasteiger partial charge in [0.15, 0.2) is 11.1 Å². The number of aromatic amines is 1. The molecular formula is C15H11FN4O4. The van der Waals surface area contributed by atoms with Gasteiger partial charge in [-0.25, -0.2) is 13.9 Å². The zero-order valence-electron chi connectivity index (χ0n) is 12.1. The van der Waals surface area contributed by atoms with Gasteiger partial charge in [0.05, 0.1) is 5.69 Å². The van der Waals surface area contributed by atoms with Crippen molar-refractivity contribution >= 4 is 17.5 Å². The van der Waals surface area contributed by atoms with E-state index in [1.807, 2.05) is 0 Å². The second-order valence-electron chi connectivity index (χ2n) is 4.90. The number of nitrogens with one attached hydrogen (secondary N) is 2. The number of carbonyl (C=O) groups is 2. The number of fused-ring (bicyclic) bond motifs is 1. The molecule has 0 aliphatic carbocycles. The summed E-state index contributed by atoms with van der Waals surface area (Å²) in [5.41, 5.74) is 0.0879. The molecule has 0 unspecified atom stereocenters. The van der Waals surface area contributed by atoms with Crippen molar-refractivity contribution in [1.29, 1.82) is 0 Å². The van der Waals surface area contributed by atoms with Crippen molar-refractivity contribution in [1.82, 2.24) is 19.9 Å². The van der Waals surface area contributed by atoms with Crippen LogP contribution in [0.4, 0.5) is 4.39 Å². The van der Waals surface area contributed by atoms with E-state index in [1.165, 1.54) is 41.2 Å². The lowest BCUT2D eigenvalue weighted by atomic mass is 10.1. The van der Waals surface area contributed by atoms with E-state index in [0.29, 0.717) is 11.3 Å². The SMILES string of the molecule is O=C(O)CNC(=O)c1c(=O)cc(-c2ccc(F)cc2)n2[nH]cnc12. The van der Waals surface area contributed by atoms with Gasteiger partial charge < -0.3 is 10.4 Å². The average molecular weight is 330 g/mol. The number of aromatic nitrogens is 3. The number of aliphatic carboxylic acids is 1. The Bertz CT molecular complexity index is 991. The summed E-state index contributed by atoms with van der Waals surface area (Å²) in [5, 5.41) is 13.5. The molecule has 122 valence electrons. The number of nitrogens with zero attached hydrogens (tertiary/aromatic N) is 2. The maximum absolute atomic E-state index is 13.1. The summed E-state index contributed by atoms with van der Waals surface area (Å²) in [6.07, 6.45) is 1.29. The minimum Gasteiger partial charge on any atom is -0.480 e. The Labute approximate surface area is 133 Å². The molecule has 3 rings (SSSR count). The molecule has 0 aliphatic rings. The number of H-pyrrole nitrogens is 1. The molecule has 0 saturated heterocycles. The van der Waals surface area contributed by atoms with Crippen LogP contribution in [0.5, 0.6) is 0 Å². The number of benzene rings is 1. The van der Waals surface area contributed by atoms with E-state index in [9.17, 15) is 18.8 Å². The molecule has 2 aromatic heterocycles. The largest absolute Gasteiger partial charge is 0.480 e. The maximum Gasteiger partial charge on any atom is 0.322 e. The molecule has 3 aromatic rings. The molecule has 1 amide bonds. The lowest BCUT2D eigenvalue weighted by Gasteiger charge is -2.08. The monoisotopic (exact) mass is 330 g/mol. The smallest absolute Gasteiger partial charge is 0.322 e. The Kier molecular flexibility index (Phi) is 3.82. The number of carbonyl (C=O) groups excluding carboxylic acids is 1. The van der Waals surface area contributed by atoms with Crippen LogP contribution in [0.3, 0.4) is 0 Å². The first kappa shape index (κ1) is 15.4. The van der Waals surface area contributed by atoms with E-state index in [2.05, 4.69) is 15.4 Å². The summed E-state index contributed by atoms with van der Waals surface area (Å²) in [5.74, 6) is -2.49. The van der Waals surface area contributed by atoms with Gasteiger partial charge in [0.25, 0.3) is 5.91 Å². The van der Waals surface area contributed by atoms with E-state index >= 15 is 0 Å². The molecule has 0 fully saturated rings. The van der Waals surface area contributed by atoms with Crippen molar-refractivity contribution in [3.8, 4) is 11.3 Å². The van der Waals surface area contributed by atoms with Crippen molar-refractivity contribution in [2.24, 2.45) is 0 Å². The van der Waals surface area contributed by atoms with Crippen LogP contribution < -0.4 is 10.7 Å². The minimum atomic E-state index is -1.23. The molecular weight excluding hydrogens is 319 g/mol. The molecule has 0 saturated carbocycles. The van der Waals surface area contributed by atoms with Gasteiger partial charge in [-0.15, -0.1) is 0 Å². The third-order valence-corrected chi connectivity index (χ3v) is 3.33. The third-order valence-electron chi connectivity index (χ3n) is 3.33. The van der Waals surface area contributed by atoms with Crippen LogP contribution in [0, 0.1) is 5.82 Å². The predicted octanol–water partition coefficient (Wildman–Crippen LogP) is 0.643. The predicted molar refractivity (Wildman–Crippen MR) is 81.2 cm³/mol. The molecule has 0 aliphatic heterocycles. The highest BCUT2D eigenvalue weighted by atomic mass is 19.1. The maximum atomic E-state index is 13.1. The highest BCUT2D eigenvalue weighted by Crippen LogP contribution is 2.20. The fourth-order valence-corrected chi connectivity index (χ4v) is 2.29. The molecule has 1 aromatic carbocycles. The molecule has 0 atom stereocenters. The summed E-state index contributed by atoms with van der Waals surface area (Å²) in [6.45, 7) is -0.616. The number of rotatable bonds is 4.